The molecule has 8 nitrogen and oxygen atoms in total. The van der Waals surface area contributed by atoms with Crippen molar-refractivity contribution in [3.63, 3.8) is 0 Å². The third-order valence-corrected chi connectivity index (χ3v) is 2.92. The Balaban J connectivity index is 2.89. The minimum atomic E-state index is -1.17. The zero-order chi connectivity index (χ0) is 15.3. The summed E-state index contributed by atoms with van der Waals surface area (Å²) in [5.74, 6) is -0.599. The van der Waals surface area contributed by atoms with E-state index < -0.39 is 22.6 Å². The molecular formula is C11H13BrN2O6. The second kappa shape index (κ2) is 7.15. The Morgan fingerprint density at radius 1 is 1.65 bits per heavy atom. The normalized spacial score (nSPS) is 11.9. The molecule has 1 atom stereocenters. The van der Waals surface area contributed by atoms with E-state index >= 15 is 0 Å². The van der Waals surface area contributed by atoms with Gasteiger partial charge in [-0.25, -0.2) is 0 Å². The summed E-state index contributed by atoms with van der Waals surface area (Å²) in [4.78, 5) is 33.0. The number of carbonyl (C=O) groups is 1. The summed E-state index contributed by atoms with van der Waals surface area (Å²) in [6.45, 7) is 1.58. The van der Waals surface area contributed by atoms with Crippen LogP contribution in [0.4, 0.5) is 5.69 Å². The van der Waals surface area contributed by atoms with Crippen molar-refractivity contribution in [3.05, 3.63) is 37.2 Å². The van der Waals surface area contributed by atoms with Gasteiger partial charge in [-0.05, 0) is 22.9 Å². The number of ether oxygens (including phenoxy) is 1. The number of nitrogens with zero attached hydrogens (tertiary/aromatic N) is 2. The molecule has 1 aromatic rings. The molecule has 20 heavy (non-hydrogen) atoms. The Hall–Kier alpha value is -1.74. The van der Waals surface area contributed by atoms with Crippen molar-refractivity contribution in [1.29, 1.82) is 0 Å². The number of hydrogen-bond donors (Lipinski definition) is 1. The van der Waals surface area contributed by atoms with E-state index in [1.165, 1.54) is 0 Å². The Bertz CT molecular complexity index is 571. The molecule has 0 aliphatic heterocycles. The highest BCUT2D eigenvalue weighted by molar-refractivity contribution is 9.10. The molecule has 1 aromatic heterocycles. The summed E-state index contributed by atoms with van der Waals surface area (Å²) in [6.07, 6.45) is -0.442. The van der Waals surface area contributed by atoms with Crippen LogP contribution in [0.2, 0.25) is 0 Å². The number of halogens is 1. The van der Waals surface area contributed by atoms with Gasteiger partial charge in [0.15, 0.2) is 0 Å². The number of aromatic nitrogens is 1. The highest BCUT2D eigenvalue weighted by Gasteiger charge is 2.17. The molecule has 9 heteroatoms. The van der Waals surface area contributed by atoms with Gasteiger partial charge >= 0.3 is 5.97 Å². The molecule has 0 spiro atoms. The van der Waals surface area contributed by atoms with Gasteiger partial charge in [0.2, 0.25) is 0 Å². The number of pyridine rings is 1. The van der Waals surface area contributed by atoms with Crippen LogP contribution < -0.4 is 5.56 Å². The zero-order valence-electron chi connectivity index (χ0n) is 10.6. The van der Waals surface area contributed by atoms with E-state index in [9.17, 15) is 24.8 Å². The Kier molecular flexibility index (Phi) is 5.83. The summed E-state index contributed by atoms with van der Waals surface area (Å²) in [5, 5.41) is 20.4. The smallest absolute Gasteiger partial charge is 0.308 e. The minimum absolute atomic E-state index is 0.00929. The fourth-order valence-corrected chi connectivity index (χ4v) is 1.99. The summed E-state index contributed by atoms with van der Waals surface area (Å²) in [6, 6.07) is 1.08. The summed E-state index contributed by atoms with van der Waals surface area (Å²) >= 11 is 2.92. The molecular weight excluding hydrogens is 336 g/mol. The van der Waals surface area contributed by atoms with Gasteiger partial charge in [-0.1, -0.05) is 0 Å². The van der Waals surface area contributed by atoms with Gasteiger partial charge in [0.25, 0.3) is 11.2 Å². The fourth-order valence-electron chi connectivity index (χ4n) is 1.52. The topological polar surface area (TPSA) is 112 Å². The maximum absolute atomic E-state index is 11.8. The van der Waals surface area contributed by atoms with Gasteiger partial charge in [0, 0.05) is 6.07 Å². The van der Waals surface area contributed by atoms with Crippen LogP contribution in [0.1, 0.15) is 13.3 Å². The van der Waals surface area contributed by atoms with Crippen LogP contribution in [-0.4, -0.2) is 33.3 Å². The minimum Gasteiger partial charge on any atom is -0.466 e. The molecule has 0 aliphatic carbocycles. The van der Waals surface area contributed by atoms with Crippen molar-refractivity contribution in [3.8, 4) is 0 Å². The molecule has 0 aliphatic rings. The molecule has 0 aromatic carbocycles. The Morgan fingerprint density at radius 3 is 2.85 bits per heavy atom. The molecule has 0 fully saturated rings. The maximum Gasteiger partial charge on any atom is 0.308 e. The lowest BCUT2D eigenvalue weighted by molar-refractivity contribution is -0.385. The third kappa shape index (κ3) is 4.42. The van der Waals surface area contributed by atoms with E-state index in [1.807, 2.05) is 0 Å². The van der Waals surface area contributed by atoms with E-state index in [4.69, 9.17) is 0 Å². The first-order chi connectivity index (χ1) is 9.35. The Labute approximate surface area is 122 Å². The molecule has 0 saturated carbocycles. The van der Waals surface area contributed by atoms with Crippen molar-refractivity contribution in [1.82, 2.24) is 4.57 Å². The first kappa shape index (κ1) is 16.3. The highest BCUT2D eigenvalue weighted by atomic mass is 79.9. The van der Waals surface area contributed by atoms with Crippen LogP contribution in [-0.2, 0) is 16.1 Å². The third-order valence-electron chi connectivity index (χ3n) is 2.35. The monoisotopic (exact) mass is 348 g/mol. The van der Waals surface area contributed by atoms with E-state index in [2.05, 4.69) is 20.7 Å². The van der Waals surface area contributed by atoms with Crippen LogP contribution in [0.3, 0.4) is 0 Å². The molecule has 1 N–H and O–H groups in total. The molecule has 0 amide bonds. The van der Waals surface area contributed by atoms with Crippen molar-refractivity contribution < 1.29 is 19.6 Å². The summed E-state index contributed by atoms with van der Waals surface area (Å²) < 4.78 is 5.65. The molecule has 0 saturated heterocycles. The number of aliphatic hydroxyl groups excluding tert-OH is 1. The largest absolute Gasteiger partial charge is 0.466 e. The predicted octanol–water partition coefficient (Wildman–Crippen LogP) is 0.833. The van der Waals surface area contributed by atoms with Crippen molar-refractivity contribution in [2.24, 2.45) is 0 Å². The second-order valence-electron chi connectivity index (χ2n) is 3.92. The molecule has 1 unspecified atom stereocenters. The van der Waals surface area contributed by atoms with E-state index in [-0.39, 0.29) is 29.7 Å². The SMILES string of the molecule is CCOC(=O)CC(O)Cn1cc([N+](=O)[O-])cc(Br)c1=O. The molecule has 110 valence electrons. The van der Waals surface area contributed by atoms with Gasteiger partial charge in [-0.2, -0.15) is 0 Å². The quantitative estimate of drug-likeness (QED) is 0.463. The van der Waals surface area contributed by atoms with Gasteiger partial charge in [0.05, 0.1) is 41.3 Å². The van der Waals surface area contributed by atoms with Crippen LogP contribution in [0.5, 0.6) is 0 Å². The summed E-state index contributed by atoms with van der Waals surface area (Å²) in [5.41, 5.74) is -0.821. The first-order valence-electron chi connectivity index (χ1n) is 5.73. The molecule has 0 bridgehead atoms. The van der Waals surface area contributed by atoms with Gasteiger partial charge in [-0.15, -0.1) is 0 Å². The average molecular weight is 349 g/mol. The van der Waals surface area contributed by atoms with Crippen molar-refractivity contribution in [2.45, 2.75) is 26.0 Å². The van der Waals surface area contributed by atoms with Gasteiger partial charge in [-0.3, -0.25) is 19.7 Å². The number of hydrogen-bond acceptors (Lipinski definition) is 6. The molecule has 0 radical (unpaired) electrons. The van der Waals surface area contributed by atoms with E-state index in [0.717, 1.165) is 16.8 Å². The highest BCUT2D eigenvalue weighted by Crippen LogP contribution is 2.14. The maximum atomic E-state index is 11.8. The lowest BCUT2D eigenvalue weighted by atomic mass is 10.2. The van der Waals surface area contributed by atoms with Crippen molar-refractivity contribution >= 4 is 27.6 Å². The second-order valence-corrected chi connectivity index (χ2v) is 4.78. The predicted molar refractivity (Wildman–Crippen MR) is 72.3 cm³/mol. The lowest BCUT2D eigenvalue weighted by Crippen LogP contribution is -2.28. The summed E-state index contributed by atoms with van der Waals surface area (Å²) in [7, 11) is 0. The van der Waals surface area contributed by atoms with Crippen molar-refractivity contribution in [2.75, 3.05) is 6.61 Å². The van der Waals surface area contributed by atoms with Crippen LogP contribution >= 0.6 is 15.9 Å². The number of aliphatic hydroxyl groups is 1. The Morgan fingerprint density at radius 2 is 2.30 bits per heavy atom. The fraction of sp³-hybridized carbons (Fsp3) is 0.455. The van der Waals surface area contributed by atoms with Gasteiger partial charge in [0.1, 0.15) is 0 Å². The number of carbonyl (C=O) groups excluding carboxylic acids is 1. The zero-order valence-corrected chi connectivity index (χ0v) is 12.2. The lowest BCUT2D eigenvalue weighted by Gasteiger charge is -2.12. The van der Waals surface area contributed by atoms with E-state index in [1.54, 1.807) is 6.92 Å². The molecule has 1 rings (SSSR count). The molecule has 1 heterocycles. The first-order valence-corrected chi connectivity index (χ1v) is 6.52. The van der Waals surface area contributed by atoms with Crippen LogP contribution in [0.15, 0.2) is 21.5 Å². The number of esters is 1. The number of nitro groups is 1. The van der Waals surface area contributed by atoms with Crippen LogP contribution in [0.25, 0.3) is 0 Å². The average Bonchev–Trinajstić information content (AvgIpc) is 2.34. The standard InChI is InChI=1S/C11H13BrN2O6/c1-2-20-10(16)4-8(15)6-13-5-7(14(18)19)3-9(12)11(13)17/h3,5,8,15H,2,4,6H2,1H3. The van der Waals surface area contributed by atoms with Gasteiger partial charge < -0.3 is 14.4 Å². The number of rotatable bonds is 6. The van der Waals surface area contributed by atoms with E-state index in [0.29, 0.717) is 0 Å². The van der Waals surface area contributed by atoms with Crippen LogP contribution in [0, 0.1) is 10.1 Å².